The molecule has 20 heavy (non-hydrogen) atoms. The summed E-state index contributed by atoms with van der Waals surface area (Å²) < 4.78 is 5.41. The van der Waals surface area contributed by atoms with Crippen LogP contribution in [0.25, 0.3) is 0 Å². The first kappa shape index (κ1) is 14.4. The molecule has 0 bridgehead atoms. The fourth-order valence-corrected chi connectivity index (χ4v) is 2.54. The number of benzene rings is 1. The van der Waals surface area contributed by atoms with E-state index in [1.54, 1.807) is 13.0 Å². The van der Waals surface area contributed by atoms with Gasteiger partial charge in [-0.3, -0.25) is 0 Å². The molecule has 1 aromatic rings. The number of amides is 2. The summed E-state index contributed by atoms with van der Waals surface area (Å²) in [6.07, 6.45) is 0. The number of hydrogen-bond donors (Lipinski definition) is 3. The summed E-state index contributed by atoms with van der Waals surface area (Å²) in [5, 5.41) is 14.8. The molecule has 1 atom stereocenters. The monoisotopic (exact) mass is 340 g/mol. The molecule has 3 N–H and O–H groups in total. The number of carbonyl (C=O) groups excluding carboxylic acids is 2. The third-order valence-electron chi connectivity index (χ3n) is 2.97. The van der Waals surface area contributed by atoms with Crippen molar-refractivity contribution in [1.29, 1.82) is 0 Å². The molecule has 106 valence electrons. The molecule has 0 spiro atoms. The molecule has 0 saturated heterocycles. The Labute approximate surface area is 123 Å². The highest BCUT2D eigenvalue weighted by Gasteiger charge is 2.33. The summed E-state index contributed by atoms with van der Waals surface area (Å²) in [6, 6.07) is 3.51. The summed E-state index contributed by atoms with van der Waals surface area (Å²) in [5.74, 6) is -0.506. The predicted octanol–water partition coefficient (Wildman–Crippen LogP) is 1.96. The average molecular weight is 341 g/mol. The van der Waals surface area contributed by atoms with Crippen LogP contribution in [-0.2, 0) is 9.53 Å². The zero-order chi connectivity index (χ0) is 14.9. The molecule has 6 nitrogen and oxygen atoms in total. The van der Waals surface area contributed by atoms with Gasteiger partial charge in [-0.25, -0.2) is 9.59 Å². The van der Waals surface area contributed by atoms with E-state index in [9.17, 15) is 14.7 Å². The minimum absolute atomic E-state index is 0.0397. The first-order chi connectivity index (χ1) is 9.43. The van der Waals surface area contributed by atoms with Gasteiger partial charge < -0.3 is 20.5 Å². The predicted molar refractivity (Wildman–Crippen MR) is 74.9 cm³/mol. The number of urea groups is 1. The van der Waals surface area contributed by atoms with Crippen molar-refractivity contribution in [3.63, 3.8) is 0 Å². The Hall–Kier alpha value is -2.02. The Kier molecular flexibility index (Phi) is 3.99. The maximum atomic E-state index is 11.9. The molecule has 0 saturated carbocycles. The fourth-order valence-electron chi connectivity index (χ4n) is 2.06. The number of phenolic OH excluding ortho intramolecular Hbond substituents is 1. The molecule has 0 aliphatic carbocycles. The summed E-state index contributed by atoms with van der Waals surface area (Å²) in [5.41, 5.74) is 1.28. The number of methoxy groups -OCH3 is 1. The van der Waals surface area contributed by atoms with Crippen LogP contribution in [0.3, 0.4) is 0 Å². The molecule has 1 heterocycles. The molecule has 0 radical (unpaired) electrons. The normalized spacial score (nSPS) is 18.4. The quantitative estimate of drug-likeness (QED) is 0.718. The van der Waals surface area contributed by atoms with E-state index in [4.69, 9.17) is 4.74 Å². The van der Waals surface area contributed by atoms with E-state index in [1.807, 2.05) is 0 Å². The molecule has 0 fully saturated rings. The van der Waals surface area contributed by atoms with Gasteiger partial charge >= 0.3 is 12.0 Å². The van der Waals surface area contributed by atoms with Crippen molar-refractivity contribution in [1.82, 2.24) is 10.6 Å². The van der Waals surface area contributed by atoms with Crippen molar-refractivity contribution in [3.05, 3.63) is 39.5 Å². The van der Waals surface area contributed by atoms with E-state index in [2.05, 4.69) is 26.6 Å². The summed E-state index contributed by atoms with van der Waals surface area (Å²) >= 11 is 3.35. The van der Waals surface area contributed by atoms with Gasteiger partial charge in [0.25, 0.3) is 0 Å². The standard InChI is InChI=1S/C13H13BrN2O4/c1-6-10(12(18)20-2)11(16-13(19)15-6)8-5-7(17)3-4-9(8)14/h3-5,11,17H,1-2H3,(H2,15,16,19). The summed E-state index contributed by atoms with van der Waals surface area (Å²) in [4.78, 5) is 23.5. The van der Waals surface area contributed by atoms with Gasteiger partial charge in [-0.15, -0.1) is 0 Å². The number of halogens is 1. The van der Waals surface area contributed by atoms with Crippen LogP contribution in [0.5, 0.6) is 5.75 Å². The van der Waals surface area contributed by atoms with E-state index in [0.29, 0.717) is 21.3 Å². The lowest BCUT2D eigenvalue weighted by Gasteiger charge is -2.28. The number of aromatic hydroxyl groups is 1. The molecular weight excluding hydrogens is 328 g/mol. The smallest absolute Gasteiger partial charge is 0.337 e. The largest absolute Gasteiger partial charge is 0.508 e. The Balaban J connectivity index is 2.56. The van der Waals surface area contributed by atoms with Gasteiger partial charge in [-0.05, 0) is 30.7 Å². The lowest BCUT2D eigenvalue weighted by Crippen LogP contribution is -2.45. The van der Waals surface area contributed by atoms with Gasteiger partial charge in [0.15, 0.2) is 0 Å². The van der Waals surface area contributed by atoms with Gasteiger partial charge in [-0.1, -0.05) is 15.9 Å². The second kappa shape index (κ2) is 5.54. The van der Waals surface area contributed by atoms with Crippen LogP contribution in [0, 0.1) is 0 Å². The van der Waals surface area contributed by atoms with Crippen molar-refractivity contribution >= 4 is 27.9 Å². The maximum Gasteiger partial charge on any atom is 0.337 e. The van der Waals surface area contributed by atoms with E-state index >= 15 is 0 Å². The SMILES string of the molecule is COC(=O)C1=C(C)NC(=O)NC1c1cc(O)ccc1Br. The first-order valence-corrected chi connectivity index (χ1v) is 6.58. The zero-order valence-electron chi connectivity index (χ0n) is 10.9. The van der Waals surface area contributed by atoms with Crippen LogP contribution in [0.1, 0.15) is 18.5 Å². The molecule has 1 aliphatic heterocycles. The first-order valence-electron chi connectivity index (χ1n) is 5.79. The van der Waals surface area contributed by atoms with Crippen LogP contribution in [0.4, 0.5) is 4.79 Å². The van der Waals surface area contributed by atoms with Crippen LogP contribution < -0.4 is 10.6 Å². The number of ether oxygens (including phenoxy) is 1. The van der Waals surface area contributed by atoms with Gasteiger partial charge in [0.2, 0.25) is 0 Å². The van der Waals surface area contributed by atoms with E-state index in [1.165, 1.54) is 19.2 Å². The molecule has 1 unspecified atom stereocenters. The van der Waals surface area contributed by atoms with Crippen LogP contribution >= 0.6 is 15.9 Å². The Bertz CT molecular complexity index is 612. The minimum atomic E-state index is -0.697. The summed E-state index contributed by atoms with van der Waals surface area (Å²) in [7, 11) is 1.27. The third-order valence-corrected chi connectivity index (χ3v) is 3.69. The van der Waals surface area contributed by atoms with Gasteiger partial charge in [0.1, 0.15) is 5.75 Å². The summed E-state index contributed by atoms with van der Waals surface area (Å²) in [6.45, 7) is 1.62. The Morgan fingerprint density at radius 1 is 1.45 bits per heavy atom. The Morgan fingerprint density at radius 3 is 2.80 bits per heavy atom. The topological polar surface area (TPSA) is 87.7 Å². The van der Waals surface area contributed by atoms with Crippen LogP contribution in [0.2, 0.25) is 0 Å². The molecule has 0 aromatic heterocycles. The van der Waals surface area contributed by atoms with E-state index in [0.717, 1.165) is 0 Å². The lowest BCUT2D eigenvalue weighted by molar-refractivity contribution is -0.136. The zero-order valence-corrected chi connectivity index (χ0v) is 12.4. The number of phenols is 1. The fraction of sp³-hybridized carbons (Fsp3) is 0.231. The second-order valence-corrected chi connectivity index (χ2v) is 5.12. The highest BCUT2D eigenvalue weighted by Crippen LogP contribution is 2.34. The average Bonchev–Trinajstić information content (AvgIpc) is 2.40. The number of nitrogens with one attached hydrogen (secondary N) is 2. The molecule has 1 aromatic carbocycles. The molecular formula is C13H13BrN2O4. The highest BCUT2D eigenvalue weighted by atomic mass is 79.9. The number of allylic oxidation sites excluding steroid dienone is 1. The molecule has 2 rings (SSSR count). The number of rotatable bonds is 2. The highest BCUT2D eigenvalue weighted by molar-refractivity contribution is 9.10. The molecule has 7 heteroatoms. The van der Waals surface area contributed by atoms with Crippen LogP contribution in [-0.4, -0.2) is 24.2 Å². The van der Waals surface area contributed by atoms with Gasteiger partial charge in [-0.2, -0.15) is 0 Å². The van der Waals surface area contributed by atoms with E-state index < -0.39 is 18.0 Å². The number of esters is 1. The maximum absolute atomic E-state index is 11.9. The number of carbonyl (C=O) groups is 2. The number of hydrogen-bond acceptors (Lipinski definition) is 4. The van der Waals surface area contributed by atoms with Crippen molar-refractivity contribution < 1.29 is 19.4 Å². The van der Waals surface area contributed by atoms with Crippen molar-refractivity contribution in [2.45, 2.75) is 13.0 Å². The van der Waals surface area contributed by atoms with Crippen molar-refractivity contribution in [2.24, 2.45) is 0 Å². The molecule has 1 aliphatic rings. The van der Waals surface area contributed by atoms with Gasteiger partial charge in [0.05, 0.1) is 18.7 Å². The second-order valence-electron chi connectivity index (χ2n) is 4.27. The van der Waals surface area contributed by atoms with E-state index in [-0.39, 0.29) is 5.75 Å². The Morgan fingerprint density at radius 2 is 2.15 bits per heavy atom. The van der Waals surface area contributed by atoms with Crippen LogP contribution in [0.15, 0.2) is 33.9 Å². The minimum Gasteiger partial charge on any atom is -0.508 e. The molecule has 2 amide bonds. The van der Waals surface area contributed by atoms with Gasteiger partial charge in [0, 0.05) is 10.2 Å². The third kappa shape index (κ3) is 2.62. The van der Waals surface area contributed by atoms with Crippen molar-refractivity contribution in [2.75, 3.05) is 7.11 Å². The van der Waals surface area contributed by atoms with Crippen molar-refractivity contribution in [3.8, 4) is 5.75 Å². The lowest BCUT2D eigenvalue weighted by atomic mass is 9.95.